The van der Waals surface area contributed by atoms with Gasteiger partial charge in [-0.3, -0.25) is 19.2 Å². The summed E-state index contributed by atoms with van der Waals surface area (Å²) < 4.78 is 35.1. The minimum atomic E-state index is -1.77. The van der Waals surface area contributed by atoms with Crippen molar-refractivity contribution < 1.29 is 52.7 Å². The van der Waals surface area contributed by atoms with Crippen LogP contribution in [0.1, 0.15) is 32.6 Å². The number of methoxy groups -OCH3 is 2. The summed E-state index contributed by atoms with van der Waals surface area (Å²) in [6.45, 7) is 1.74. The predicted octanol–water partition coefficient (Wildman–Crippen LogP) is 0.0767. The molecule has 33 heavy (non-hydrogen) atoms. The largest absolute Gasteiger partial charge is 0.481 e. The van der Waals surface area contributed by atoms with Crippen molar-refractivity contribution in [3.8, 4) is 0 Å². The van der Waals surface area contributed by atoms with Crippen LogP contribution in [-0.4, -0.2) is 85.9 Å². The third kappa shape index (κ3) is 2.76. The highest BCUT2D eigenvalue weighted by atomic mass is 16.8. The number of carbonyl (C=O) groups excluding carboxylic acids is 3. The SMILES string of the molecule is COC(=O)[C@@]1(CCC(=O)O)C(=O)CC2(OCCO2)[C@@]23O[C@@H]2[C@H](OC)[C@H]2C[C@@H]1[C@@H]3C2OC(C)=O. The number of aliphatic carboxylic acids is 1. The molecule has 11 heteroatoms. The van der Waals surface area contributed by atoms with E-state index in [9.17, 15) is 24.3 Å². The average molecular weight is 468 g/mol. The number of hydrogen-bond donors (Lipinski definition) is 1. The van der Waals surface area contributed by atoms with Crippen molar-refractivity contribution >= 4 is 23.7 Å². The number of carboxylic acids is 1. The van der Waals surface area contributed by atoms with E-state index in [4.69, 9.17) is 28.4 Å². The van der Waals surface area contributed by atoms with Gasteiger partial charge in [0.1, 0.15) is 17.6 Å². The summed E-state index contributed by atoms with van der Waals surface area (Å²) in [6, 6.07) is 0. The lowest BCUT2D eigenvalue weighted by atomic mass is 9.64. The Kier molecular flexibility index (Phi) is 5.13. The Labute approximate surface area is 189 Å². The van der Waals surface area contributed by atoms with Crippen LogP contribution in [0, 0.1) is 23.2 Å². The number of epoxide rings is 1. The summed E-state index contributed by atoms with van der Waals surface area (Å²) in [6.07, 6.45) is -2.34. The Morgan fingerprint density at radius 3 is 2.42 bits per heavy atom. The molecule has 2 spiro atoms. The van der Waals surface area contributed by atoms with E-state index in [1.807, 2.05) is 0 Å². The van der Waals surface area contributed by atoms with Gasteiger partial charge in [-0.2, -0.15) is 0 Å². The molecule has 11 nitrogen and oxygen atoms in total. The second kappa shape index (κ2) is 7.46. The summed E-state index contributed by atoms with van der Waals surface area (Å²) in [5, 5.41) is 9.41. The molecule has 3 aliphatic carbocycles. The van der Waals surface area contributed by atoms with E-state index in [2.05, 4.69) is 0 Å². The van der Waals surface area contributed by atoms with Gasteiger partial charge in [0, 0.05) is 32.3 Å². The van der Waals surface area contributed by atoms with Crippen LogP contribution in [0.4, 0.5) is 0 Å². The fourth-order valence-electron chi connectivity index (χ4n) is 7.31. The molecule has 5 rings (SSSR count). The highest BCUT2D eigenvalue weighted by molar-refractivity contribution is 6.05. The molecule has 2 heterocycles. The van der Waals surface area contributed by atoms with Gasteiger partial charge in [0.25, 0.3) is 0 Å². The van der Waals surface area contributed by atoms with Crippen LogP contribution in [0.15, 0.2) is 0 Å². The van der Waals surface area contributed by atoms with Crippen LogP contribution in [0.5, 0.6) is 0 Å². The fraction of sp³-hybridized carbons (Fsp3) is 0.818. The molecule has 2 aliphatic heterocycles. The highest BCUT2D eigenvalue weighted by Crippen LogP contribution is 2.73. The minimum Gasteiger partial charge on any atom is -0.481 e. The lowest BCUT2D eigenvalue weighted by Crippen LogP contribution is -2.61. The Hall–Kier alpha value is -2.08. The fourth-order valence-corrected chi connectivity index (χ4v) is 7.31. The lowest BCUT2D eigenvalue weighted by molar-refractivity contribution is -0.230. The van der Waals surface area contributed by atoms with Gasteiger partial charge >= 0.3 is 17.9 Å². The first-order valence-electron chi connectivity index (χ1n) is 11.2. The second-order valence-corrected chi connectivity index (χ2v) is 9.54. The molecular formula is C22H28O11. The molecule has 5 fully saturated rings. The maximum atomic E-state index is 13.9. The molecule has 0 radical (unpaired) electrons. The predicted molar refractivity (Wildman–Crippen MR) is 105 cm³/mol. The zero-order chi connectivity index (χ0) is 23.8. The normalized spacial score (nSPS) is 44.2. The number of hydrogen-bond acceptors (Lipinski definition) is 10. The Bertz CT molecular complexity index is 895. The summed E-state index contributed by atoms with van der Waals surface area (Å²) in [5.41, 5.74) is -2.94. The molecule has 0 aromatic carbocycles. The maximum absolute atomic E-state index is 13.9. The van der Waals surface area contributed by atoms with Crippen LogP contribution < -0.4 is 0 Å². The second-order valence-electron chi connectivity index (χ2n) is 9.54. The van der Waals surface area contributed by atoms with Gasteiger partial charge in [0.2, 0.25) is 5.79 Å². The molecular weight excluding hydrogens is 440 g/mol. The zero-order valence-corrected chi connectivity index (χ0v) is 18.7. The van der Waals surface area contributed by atoms with Crippen molar-refractivity contribution in [1.82, 2.24) is 0 Å². The van der Waals surface area contributed by atoms with Crippen molar-refractivity contribution in [2.75, 3.05) is 27.4 Å². The molecule has 1 unspecified atom stereocenters. The molecule has 0 amide bonds. The van der Waals surface area contributed by atoms with E-state index < -0.39 is 77.1 Å². The number of esters is 2. The van der Waals surface area contributed by atoms with Crippen LogP contribution in [0.25, 0.3) is 0 Å². The average Bonchev–Trinajstić information content (AvgIpc) is 3.22. The number of fused-ring (bicyclic) bond motifs is 1. The first kappa shape index (κ1) is 22.7. The number of carboxylic acid groups (broad SMARTS) is 1. The summed E-state index contributed by atoms with van der Waals surface area (Å²) in [4.78, 5) is 50.9. The molecule has 0 aromatic rings. The van der Waals surface area contributed by atoms with E-state index >= 15 is 0 Å². The summed E-state index contributed by atoms with van der Waals surface area (Å²) in [7, 11) is 2.71. The van der Waals surface area contributed by atoms with Crippen LogP contribution in [0.2, 0.25) is 0 Å². The van der Waals surface area contributed by atoms with Gasteiger partial charge < -0.3 is 33.5 Å². The van der Waals surface area contributed by atoms with Gasteiger partial charge in [-0.15, -0.1) is 0 Å². The van der Waals surface area contributed by atoms with Crippen molar-refractivity contribution in [2.45, 2.75) is 62.3 Å². The van der Waals surface area contributed by atoms with Crippen LogP contribution >= 0.6 is 0 Å². The number of ether oxygens (including phenoxy) is 6. The Morgan fingerprint density at radius 2 is 1.85 bits per heavy atom. The zero-order valence-electron chi connectivity index (χ0n) is 18.7. The van der Waals surface area contributed by atoms with Crippen LogP contribution in [0.3, 0.4) is 0 Å². The van der Waals surface area contributed by atoms with Gasteiger partial charge in [-0.1, -0.05) is 0 Å². The van der Waals surface area contributed by atoms with Gasteiger partial charge in [-0.05, 0) is 18.8 Å². The van der Waals surface area contributed by atoms with E-state index in [1.165, 1.54) is 21.1 Å². The monoisotopic (exact) mass is 468 g/mol. The topological polar surface area (TPSA) is 147 Å². The Morgan fingerprint density at radius 1 is 1.15 bits per heavy atom. The number of ketones is 1. The maximum Gasteiger partial charge on any atom is 0.319 e. The molecule has 3 saturated carbocycles. The first-order chi connectivity index (χ1) is 15.7. The molecule has 2 saturated heterocycles. The first-order valence-corrected chi connectivity index (χ1v) is 11.2. The summed E-state index contributed by atoms with van der Waals surface area (Å²) in [5.74, 6) is -6.14. The van der Waals surface area contributed by atoms with Crippen molar-refractivity contribution in [3.63, 3.8) is 0 Å². The van der Waals surface area contributed by atoms with Crippen molar-refractivity contribution in [2.24, 2.45) is 23.2 Å². The molecule has 182 valence electrons. The molecule has 0 aromatic heterocycles. The Balaban J connectivity index is 1.72. The van der Waals surface area contributed by atoms with Crippen LogP contribution in [-0.2, 0) is 47.6 Å². The van der Waals surface area contributed by atoms with Gasteiger partial charge in [0.15, 0.2) is 11.4 Å². The standard InChI is InChI=1S/C22H28O11/c1-10(23)32-16-11-8-12-15(16)22(18(33-22)17(11)28-2)21(30-6-7-31-21)9-13(24)20(12,19(27)29-3)5-4-14(25)26/h11-12,15-18H,4-9H2,1-3H3,(H,25,26)/t11-,12+,15+,16?,17+,18+,20+,22-/m0/s1. The molecule has 1 N–H and O–H groups in total. The van der Waals surface area contributed by atoms with E-state index in [-0.39, 0.29) is 32.0 Å². The van der Waals surface area contributed by atoms with Crippen molar-refractivity contribution in [1.29, 1.82) is 0 Å². The third-order valence-corrected chi connectivity index (χ3v) is 8.37. The van der Waals surface area contributed by atoms with Gasteiger partial charge in [-0.25, -0.2) is 0 Å². The summed E-state index contributed by atoms with van der Waals surface area (Å²) >= 11 is 0. The smallest absolute Gasteiger partial charge is 0.319 e. The quantitative estimate of drug-likeness (QED) is 0.321. The molecule has 2 bridgehead atoms. The molecule has 5 aliphatic rings. The van der Waals surface area contributed by atoms with E-state index in [1.54, 1.807) is 0 Å². The van der Waals surface area contributed by atoms with E-state index in [0.717, 1.165) is 0 Å². The van der Waals surface area contributed by atoms with E-state index in [0.29, 0.717) is 6.42 Å². The highest BCUT2D eigenvalue weighted by Gasteiger charge is 2.88. The lowest BCUT2D eigenvalue weighted by Gasteiger charge is -2.43. The number of rotatable bonds is 6. The van der Waals surface area contributed by atoms with Crippen molar-refractivity contribution in [3.05, 3.63) is 0 Å². The molecule has 8 atom stereocenters. The third-order valence-electron chi connectivity index (χ3n) is 8.37. The van der Waals surface area contributed by atoms with Gasteiger partial charge in [0.05, 0.1) is 32.8 Å². The minimum absolute atomic E-state index is 0.224. The number of Topliss-reactive ketones (excluding diaryl/α,β-unsaturated/α-hetero) is 1. The number of carbonyl (C=O) groups is 4.